The van der Waals surface area contributed by atoms with E-state index in [1.165, 1.54) is 17.6 Å². The Morgan fingerprint density at radius 2 is 1.77 bits per heavy atom. The van der Waals surface area contributed by atoms with Gasteiger partial charge in [0.25, 0.3) is 5.56 Å². The van der Waals surface area contributed by atoms with Crippen molar-refractivity contribution in [2.75, 3.05) is 43.5 Å². The number of likely N-dealkylation sites (N-methyl/N-ethyl adjacent to an activating group) is 2. The van der Waals surface area contributed by atoms with Crippen LogP contribution >= 0.6 is 0 Å². The number of hydrogen-bond acceptors (Lipinski definition) is 4. The molecule has 0 amide bonds. The fourth-order valence-electron chi connectivity index (χ4n) is 4.36. The molecule has 0 N–H and O–H groups in total. The van der Waals surface area contributed by atoms with Gasteiger partial charge in [0.15, 0.2) is 5.82 Å². The highest BCUT2D eigenvalue weighted by Gasteiger charge is 2.39. The molecule has 1 aromatic carbocycles. The van der Waals surface area contributed by atoms with Crippen LogP contribution in [-0.4, -0.2) is 55.3 Å². The van der Waals surface area contributed by atoms with E-state index >= 15 is 0 Å². The van der Waals surface area contributed by atoms with Gasteiger partial charge in [-0.25, -0.2) is 8.78 Å². The molecule has 0 spiro atoms. The second-order valence-corrected chi connectivity index (χ2v) is 7.73. The third-order valence-electron chi connectivity index (χ3n) is 6.05. The summed E-state index contributed by atoms with van der Waals surface area (Å²) in [4.78, 5) is 19.4. The minimum atomic E-state index is -0.658. The number of rotatable bonds is 0. The van der Waals surface area contributed by atoms with Crippen molar-refractivity contribution >= 4 is 22.3 Å². The smallest absolute Gasteiger partial charge is 0.276 e. The van der Waals surface area contributed by atoms with Gasteiger partial charge in [0, 0.05) is 50.7 Å². The third kappa shape index (κ3) is 2.19. The van der Waals surface area contributed by atoms with Crippen molar-refractivity contribution in [3.8, 4) is 0 Å². The first-order valence-corrected chi connectivity index (χ1v) is 8.91. The minimum Gasteiger partial charge on any atom is -0.366 e. The van der Waals surface area contributed by atoms with Crippen LogP contribution in [0.3, 0.4) is 0 Å². The molecule has 2 aliphatic heterocycles. The number of benzene rings is 1. The van der Waals surface area contributed by atoms with Gasteiger partial charge in [-0.2, -0.15) is 0 Å². The topological polar surface area (TPSA) is 31.7 Å². The molecule has 2 atom stereocenters. The van der Waals surface area contributed by atoms with Gasteiger partial charge in [-0.3, -0.25) is 9.69 Å². The summed E-state index contributed by atoms with van der Waals surface area (Å²) in [6.07, 6.45) is 0. The van der Waals surface area contributed by atoms with Crippen molar-refractivity contribution in [3.05, 3.63) is 33.6 Å². The van der Waals surface area contributed by atoms with Crippen molar-refractivity contribution in [2.45, 2.75) is 25.9 Å². The molecule has 1 saturated heterocycles. The van der Waals surface area contributed by atoms with Crippen molar-refractivity contribution in [1.29, 1.82) is 0 Å². The second kappa shape index (κ2) is 5.67. The Bertz CT molecular complexity index is 971. The minimum absolute atomic E-state index is 0.0556. The quantitative estimate of drug-likeness (QED) is 0.718. The lowest BCUT2D eigenvalue weighted by Gasteiger charge is -2.50. The summed E-state index contributed by atoms with van der Waals surface area (Å²) in [5.74, 6) is -1.24. The molecule has 140 valence electrons. The molecule has 2 aliphatic rings. The zero-order valence-corrected chi connectivity index (χ0v) is 15.8. The maximum absolute atomic E-state index is 14.9. The fraction of sp³-hybridized carbons (Fsp3) is 0.526. The number of aryl methyl sites for hydroxylation is 1. The summed E-state index contributed by atoms with van der Waals surface area (Å²) in [7, 11) is 5.52. The molecule has 2 unspecified atom stereocenters. The lowest BCUT2D eigenvalue weighted by atomic mass is 9.98. The molecule has 2 aromatic rings. The second-order valence-electron chi connectivity index (χ2n) is 7.73. The Morgan fingerprint density at radius 1 is 1.08 bits per heavy atom. The number of fused-ring (bicyclic) bond motifs is 5. The van der Waals surface area contributed by atoms with Gasteiger partial charge in [0.05, 0.1) is 17.2 Å². The van der Waals surface area contributed by atoms with Crippen LogP contribution in [0.4, 0.5) is 20.2 Å². The molecular formula is C19H24F2N4O. The van der Waals surface area contributed by atoms with Crippen LogP contribution in [0.5, 0.6) is 0 Å². The van der Waals surface area contributed by atoms with Crippen LogP contribution in [-0.2, 0) is 7.05 Å². The predicted molar refractivity (Wildman–Crippen MR) is 100 cm³/mol. The maximum Gasteiger partial charge on any atom is 0.276 e. The Kier molecular flexibility index (Phi) is 3.77. The highest BCUT2D eigenvalue weighted by Crippen LogP contribution is 2.41. The summed E-state index contributed by atoms with van der Waals surface area (Å²) in [6, 6.07) is 1.85. The number of halogens is 2. The van der Waals surface area contributed by atoms with E-state index in [2.05, 4.69) is 23.8 Å². The van der Waals surface area contributed by atoms with Gasteiger partial charge in [0.2, 0.25) is 0 Å². The summed E-state index contributed by atoms with van der Waals surface area (Å²) in [5, 5.41) is 0.469. The molecule has 0 bridgehead atoms. The monoisotopic (exact) mass is 362 g/mol. The number of anilines is 2. The molecule has 3 heterocycles. The van der Waals surface area contributed by atoms with E-state index < -0.39 is 11.6 Å². The number of nitrogens with zero attached hydrogens (tertiary/aromatic N) is 4. The van der Waals surface area contributed by atoms with E-state index in [1.54, 1.807) is 7.05 Å². The van der Waals surface area contributed by atoms with Crippen LogP contribution in [0.25, 0.3) is 10.9 Å². The summed E-state index contributed by atoms with van der Waals surface area (Å²) >= 11 is 0. The molecule has 0 radical (unpaired) electrons. The number of aromatic nitrogens is 1. The number of pyridine rings is 1. The first-order chi connectivity index (χ1) is 12.2. The van der Waals surface area contributed by atoms with Crippen LogP contribution in [0, 0.1) is 18.6 Å². The predicted octanol–water partition coefficient (Wildman–Crippen LogP) is 2.08. The lowest BCUT2D eigenvalue weighted by Crippen LogP contribution is -2.62. The normalized spacial score (nSPS) is 23.3. The van der Waals surface area contributed by atoms with E-state index in [9.17, 15) is 13.6 Å². The van der Waals surface area contributed by atoms with Crippen molar-refractivity contribution in [2.24, 2.45) is 7.05 Å². The third-order valence-corrected chi connectivity index (χ3v) is 6.05. The van der Waals surface area contributed by atoms with Gasteiger partial charge < -0.3 is 14.4 Å². The van der Waals surface area contributed by atoms with Crippen molar-refractivity contribution in [3.63, 3.8) is 0 Å². The van der Waals surface area contributed by atoms with E-state index in [0.717, 1.165) is 13.1 Å². The van der Waals surface area contributed by atoms with Gasteiger partial charge >= 0.3 is 0 Å². The lowest BCUT2D eigenvalue weighted by molar-refractivity contribution is 0.199. The standard InChI is InChI=1S/C19H24F2N4O/c1-10-7-25-12(8-22(10)3)9-23(4)18-17(25)13-6-14(20)11(2)15(21)16(13)24(5)19(18)26/h6,10,12H,7-9H2,1-5H3. The van der Waals surface area contributed by atoms with E-state index in [0.29, 0.717) is 29.3 Å². The number of piperazine rings is 1. The zero-order chi connectivity index (χ0) is 18.9. The van der Waals surface area contributed by atoms with Crippen LogP contribution in [0.2, 0.25) is 0 Å². The SMILES string of the molecule is Cc1c(F)cc2c3c(c(=O)n(C)c2c1F)N(C)CC1CN(C)C(C)CN31. The Labute approximate surface area is 151 Å². The molecule has 1 fully saturated rings. The fourth-order valence-corrected chi connectivity index (χ4v) is 4.36. The zero-order valence-electron chi connectivity index (χ0n) is 15.8. The Hall–Kier alpha value is -2.15. The molecular weight excluding hydrogens is 338 g/mol. The highest BCUT2D eigenvalue weighted by atomic mass is 19.1. The molecule has 7 heteroatoms. The van der Waals surface area contributed by atoms with Crippen LogP contribution < -0.4 is 15.4 Å². The first-order valence-electron chi connectivity index (χ1n) is 8.91. The molecule has 26 heavy (non-hydrogen) atoms. The highest BCUT2D eigenvalue weighted by molar-refractivity contribution is 6.00. The van der Waals surface area contributed by atoms with E-state index in [1.807, 2.05) is 11.9 Å². The van der Waals surface area contributed by atoms with Gasteiger partial charge in [-0.05, 0) is 27.0 Å². The molecule has 4 rings (SSSR count). The first kappa shape index (κ1) is 17.3. The van der Waals surface area contributed by atoms with Crippen LogP contribution in [0.15, 0.2) is 10.9 Å². The summed E-state index contributed by atoms with van der Waals surface area (Å²) in [6.45, 7) is 5.81. The average Bonchev–Trinajstić information content (AvgIpc) is 2.58. The summed E-state index contributed by atoms with van der Waals surface area (Å²) < 4.78 is 30.6. The largest absolute Gasteiger partial charge is 0.366 e. The van der Waals surface area contributed by atoms with Gasteiger partial charge in [-0.1, -0.05) is 0 Å². The maximum atomic E-state index is 14.9. The van der Waals surface area contributed by atoms with Crippen LogP contribution in [0.1, 0.15) is 12.5 Å². The van der Waals surface area contributed by atoms with Gasteiger partial charge in [0.1, 0.15) is 11.5 Å². The Balaban J connectivity index is 2.10. The molecule has 1 aromatic heterocycles. The summed E-state index contributed by atoms with van der Waals surface area (Å²) in [5.41, 5.74) is 1.06. The average molecular weight is 362 g/mol. The molecule has 0 saturated carbocycles. The molecule has 5 nitrogen and oxygen atoms in total. The van der Waals surface area contributed by atoms with Crippen molar-refractivity contribution in [1.82, 2.24) is 9.47 Å². The molecule has 0 aliphatic carbocycles. The van der Waals surface area contributed by atoms with E-state index in [4.69, 9.17) is 0 Å². The van der Waals surface area contributed by atoms with Crippen molar-refractivity contribution < 1.29 is 8.78 Å². The van der Waals surface area contributed by atoms with Gasteiger partial charge in [-0.15, -0.1) is 0 Å². The van der Waals surface area contributed by atoms with E-state index in [-0.39, 0.29) is 22.7 Å². The Morgan fingerprint density at radius 3 is 2.46 bits per heavy atom. The number of hydrogen-bond donors (Lipinski definition) is 0.